The molecule has 0 bridgehead atoms. The average molecular weight is 238 g/mol. The van der Waals surface area contributed by atoms with Crippen LogP contribution in [0, 0.1) is 5.82 Å². The zero-order valence-corrected chi connectivity index (χ0v) is 11.3. The molecule has 1 aromatic carbocycles. The standard InChI is InChI=1S/C14H23FN2/c1-5-14(2,3)16-9-10-17(4)13-8-6-7-12(15)11-13/h6-8,11,16H,5,9-10H2,1-4H3. The molecule has 1 aromatic rings. The van der Waals surface area contributed by atoms with Gasteiger partial charge in [0.05, 0.1) is 0 Å². The van der Waals surface area contributed by atoms with E-state index in [0.29, 0.717) is 0 Å². The lowest BCUT2D eigenvalue weighted by Gasteiger charge is -2.27. The Hall–Kier alpha value is -1.09. The molecule has 2 nitrogen and oxygen atoms in total. The summed E-state index contributed by atoms with van der Waals surface area (Å²) >= 11 is 0. The minimum absolute atomic E-state index is 0.169. The van der Waals surface area contributed by atoms with E-state index in [2.05, 4.69) is 31.0 Å². The highest BCUT2D eigenvalue weighted by Crippen LogP contribution is 2.13. The first kappa shape index (κ1) is 14.0. The van der Waals surface area contributed by atoms with E-state index < -0.39 is 0 Å². The van der Waals surface area contributed by atoms with Gasteiger partial charge in [0.2, 0.25) is 0 Å². The molecule has 0 amide bonds. The first-order valence-corrected chi connectivity index (χ1v) is 6.16. The fraction of sp³-hybridized carbons (Fsp3) is 0.571. The Kier molecular flexibility index (Phi) is 4.94. The number of nitrogens with zero attached hydrogens (tertiary/aromatic N) is 1. The quantitative estimate of drug-likeness (QED) is 0.819. The fourth-order valence-electron chi connectivity index (χ4n) is 1.53. The smallest absolute Gasteiger partial charge is 0.125 e. The number of rotatable bonds is 6. The van der Waals surface area contributed by atoms with Gasteiger partial charge in [0.25, 0.3) is 0 Å². The first-order chi connectivity index (χ1) is 7.94. The second-order valence-electron chi connectivity index (χ2n) is 5.07. The zero-order valence-electron chi connectivity index (χ0n) is 11.3. The van der Waals surface area contributed by atoms with Crippen LogP contribution >= 0.6 is 0 Å². The number of anilines is 1. The molecular formula is C14H23FN2. The molecule has 0 saturated carbocycles. The lowest BCUT2D eigenvalue weighted by molar-refractivity contribution is 0.381. The average Bonchev–Trinajstić information content (AvgIpc) is 2.28. The predicted molar refractivity (Wildman–Crippen MR) is 72.0 cm³/mol. The summed E-state index contributed by atoms with van der Waals surface area (Å²) in [5.41, 5.74) is 1.09. The van der Waals surface area contributed by atoms with Crippen LogP contribution in [0.1, 0.15) is 27.2 Å². The fourth-order valence-corrected chi connectivity index (χ4v) is 1.53. The predicted octanol–water partition coefficient (Wildman–Crippen LogP) is 3.04. The van der Waals surface area contributed by atoms with Crippen molar-refractivity contribution < 1.29 is 4.39 Å². The van der Waals surface area contributed by atoms with Gasteiger partial charge in [-0.1, -0.05) is 13.0 Å². The summed E-state index contributed by atoms with van der Waals surface area (Å²) in [5.74, 6) is -0.184. The Morgan fingerprint density at radius 1 is 1.35 bits per heavy atom. The van der Waals surface area contributed by atoms with E-state index in [1.165, 1.54) is 6.07 Å². The first-order valence-electron chi connectivity index (χ1n) is 6.16. The van der Waals surface area contributed by atoms with Crippen molar-refractivity contribution in [3.8, 4) is 0 Å². The van der Waals surface area contributed by atoms with Crippen LogP contribution in [0.2, 0.25) is 0 Å². The van der Waals surface area contributed by atoms with Gasteiger partial charge in [-0.15, -0.1) is 0 Å². The summed E-state index contributed by atoms with van der Waals surface area (Å²) < 4.78 is 13.1. The van der Waals surface area contributed by atoms with Gasteiger partial charge in [0, 0.05) is 31.4 Å². The van der Waals surface area contributed by atoms with E-state index in [1.807, 2.05) is 13.1 Å². The van der Waals surface area contributed by atoms with E-state index in [1.54, 1.807) is 12.1 Å². The van der Waals surface area contributed by atoms with Gasteiger partial charge in [0.1, 0.15) is 5.82 Å². The summed E-state index contributed by atoms with van der Waals surface area (Å²) in [6, 6.07) is 6.69. The molecule has 0 aliphatic heterocycles. The van der Waals surface area contributed by atoms with Crippen molar-refractivity contribution in [2.45, 2.75) is 32.7 Å². The summed E-state index contributed by atoms with van der Waals surface area (Å²) in [5, 5.41) is 3.49. The SMILES string of the molecule is CCC(C)(C)NCCN(C)c1cccc(F)c1. The Morgan fingerprint density at radius 3 is 2.65 bits per heavy atom. The van der Waals surface area contributed by atoms with E-state index in [-0.39, 0.29) is 11.4 Å². The molecule has 0 unspecified atom stereocenters. The van der Waals surface area contributed by atoms with Crippen LogP contribution in [0.4, 0.5) is 10.1 Å². The molecule has 0 spiro atoms. The van der Waals surface area contributed by atoms with Crippen molar-refractivity contribution in [3.63, 3.8) is 0 Å². The summed E-state index contributed by atoms with van der Waals surface area (Å²) in [4.78, 5) is 2.06. The van der Waals surface area contributed by atoms with E-state index in [4.69, 9.17) is 0 Å². The lowest BCUT2D eigenvalue weighted by atomic mass is 10.0. The minimum Gasteiger partial charge on any atom is -0.373 e. The molecule has 17 heavy (non-hydrogen) atoms. The molecule has 0 heterocycles. The van der Waals surface area contributed by atoms with Crippen molar-refractivity contribution in [2.75, 3.05) is 25.0 Å². The summed E-state index contributed by atoms with van der Waals surface area (Å²) in [6.45, 7) is 8.31. The highest BCUT2D eigenvalue weighted by atomic mass is 19.1. The van der Waals surface area contributed by atoms with Gasteiger partial charge in [-0.05, 0) is 38.5 Å². The lowest BCUT2D eigenvalue weighted by Crippen LogP contribution is -2.42. The number of hydrogen-bond acceptors (Lipinski definition) is 2. The second-order valence-corrected chi connectivity index (χ2v) is 5.07. The highest BCUT2D eigenvalue weighted by molar-refractivity contribution is 5.45. The molecule has 0 fully saturated rings. The van der Waals surface area contributed by atoms with E-state index in [0.717, 1.165) is 25.2 Å². The summed E-state index contributed by atoms with van der Waals surface area (Å²) in [7, 11) is 1.98. The molecule has 0 atom stereocenters. The zero-order chi connectivity index (χ0) is 12.9. The normalized spacial score (nSPS) is 11.6. The van der Waals surface area contributed by atoms with Crippen molar-refractivity contribution in [3.05, 3.63) is 30.1 Å². The number of benzene rings is 1. The third-order valence-corrected chi connectivity index (χ3v) is 3.18. The molecule has 3 heteroatoms. The third-order valence-electron chi connectivity index (χ3n) is 3.18. The Bertz CT molecular complexity index is 350. The van der Waals surface area contributed by atoms with Crippen LogP contribution in [0.3, 0.4) is 0 Å². The Labute approximate surface area is 104 Å². The molecule has 0 saturated heterocycles. The molecule has 0 aromatic heterocycles. The van der Waals surface area contributed by atoms with Gasteiger partial charge in [-0.2, -0.15) is 0 Å². The maximum Gasteiger partial charge on any atom is 0.125 e. The molecule has 0 aliphatic carbocycles. The number of likely N-dealkylation sites (N-methyl/N-ethyl adjacent to an activating group) is 1. The van der Waals surface area contributed by atoms with Gasteiger partial charge in [-0.3, -0.25) is 0 Å². The molecule has 1 rings (SSSR count). The van der Waals surface area contributed by atoms with Crippen LogP contribution in [0.15, 0.2) is 24.3 Å². The molecule has 1 N–H and O–H groups in total. The number of nitrogens with one attached hydrogen (secondary N) is 1. The van der Waals surface area contributed by atoms with Crippen molar-refractivity contribution in [1.29, 1.82) is 0 Å². The monoisotopic (exact) mass is 238 g/mol. The van der Waals surface area contributed by atoms with Crippen LogP contribution in [0.25, 0.3) is 0 Å². The molecular weight excluding hydrogens is 215 g/mol. The number of hydrogen-bond donors (Lipinski definition) is 1. The van der Waals surface area contributed by atoms with Crippen LogP contribution in [0.5, 0.6) is 0 Å². The van der Waals surface area contributed by atoms with Gasteiger partial charge >= 0.3 is 0 Å². The topological polar surface area (TPSA) is 15.3 Å². The van der Waals surface area contributed by atoms with E-state index in [9.17, 15) is 4.39 Å². The van der Waals surface area contributed by atoms with Crippen LogP contribution < -0.4 is 10.2 Å². The third kappa shape index (κ3) is 4.73. The van der Waals surface area contributed by atoms with E-state index >= 15 is 0 Å². The highest BCUT2D eigenvalue weighted by Gasteiger charge is 2.13. The van der Waals surface area contributed by atoms with Gasteiger partial charge in [0.15, 0.2) is 0 Å². The van der Waals surface area contributed by atoms with Crippen molar-refractivity contribution >= 4 is 5.69 Å². The molecule has 0 aliphatic rings. The molecule has 96 valence electrons. The summed E-state index contributed by atoms with van der Waals surface area (Å²) in [6.07, 6.45) is 1.09. The maximum absolute atomic E-state index is 13.1. The van der Waals surface area contributed by atoms with Gasteiger partial charge in [-0.25, -0.2) is 4.39 Å². The minimum atomic E-state index is -0.184. The van der Waals surface area contributed by atoms with Gasteiger partial charge < -0.3 is 10.2 Å². The Balaban J connectivity index is 2.42. The van der Waals surface area contributed by atoms with Crippen LogP contribution in [-0.4, -0.2) is 25.7 Å². The molecule has 0 radical (unpaired) electrons. The Morgan fingerprint density at radius 2 is 2.06 bits per heavy atom. The maximum atomic E-state index is 13.1. The largest absolute Gasteiger partial charge is 0.373 e. The van der Waals surface area contributed by atoms with Crippen molar-refractivity contribution in [2.24, 2.45) is 0 Å². The number of halogens is 1. The van der Waals surface area contributed by atoms with Crippen LogP contribution in [-0.2, 0) is 0 Å². The second kappa shape index (κ2) is 6.01. The van der Waals surface area contributed by atoms with Crippen molar-refractivity contribution in [1.82, 2.24) is 5.32 Å².